The van der Waals surface area contributed by atoms with Crippen molar-refractivity contribution in [2.45, 2.75) is 51.1 Å². The fourth-order valence-corrected chi connectivity index (χ4v) is 3.04. The van der Waals surface area contributed by atoms with Gasteiger partial charge in [-0.25, -0.2) is 0 Å². The van der Waals surface area contributed by atoms with Crippen LogP contribution in [0.5, 0.6) is 0 Å². The second-order valence-corrected chi connectivity index (χ2v) is 5.42. The van der Waals surface area contributed by atoms with Gasteiger partial charge in [-0.15, -0.1) is 0 Å². The van der Waals surface area contributed by atoms with Gasteiger partial charge < -0.3 is 16.0 Å². The molecule has 2 saturated heterocycles. The summed E-state index contributed by atoms with van der Waals surface area (Å²) in [7, 11) is 0. The zero-order valence-electron chi connectivity index (χ0n) is 11.2. The first-order valence-electron chi connectivity index (χ1n) is 6.91. The van der Waals surface area contributed by atoms with E-state index in [1.807, 2.05) is 18.7 Å². The molecule has 0 saturated carbocycles. The van der Waals surface area contributed by atoms with E-state index < -0.39 is 5.54 Å². The molecule has 5 heteroatoms. The summed E-state index contributed by atoms with van der Waals surface area (Å²) in [5, 5.41) is 2.86. The molecule has 0 spiro atoms. The molecule has 0 radical (unpaired) electrons. The molecule has 0 aromatic rings. The van der Waals surface area contributed by atoms with Crippen molar-refractivity contribution < 1.29 is 9.59 Å². The summed E-state index contributed by atoms with van der Waals surface area (Å²) in [6, 6.07) is 0.0137. The molecular weight excluding hydrogens is 230 g/mol. The minimum absolute atomic E-state index is 0.0127. The van der Waals surface area contributed by atoms with Gasteiger partial charge in [-0.3, -0.25) is 9.59 Å². The maximum absolute atomic E-state index is 12.6. The topological polar surface area (TPSA) is 75.4 Å². The standard InChI is InChI=1S/C13H23N3O2/c1-3-13(14,4-2)12(18)16-7-5-6-9-10(16)8-15-11(9)17/h9-10H,3-8,14H2,1-2H3,(H,15,17). The molecule has 3 N–H and O–H groups in total. The summed E-state index contributed by atoms with van der Waals surface area (Å²) in [6.07, 6.45) is 3.05. The van der Waals surface area contributed by atoms with Gasteiger partial charge in [0.1, 0.15) is 0 Å². The number of amides is 2. The average Bonchev–Trinajstić information content (AvgIpc) is 2.79. The molecule has 5 nitrogen and oxygen atoms in total. The van der Waals surface area contributed by atoms with Gasteiger partial charge in [-0.05, 0) is 25.7 Å². The minimum Gasteiger partial charge on any atom is -0.354 e. The SMILES string of the molecule is CCC(N)(CC)C(=O)N1CCCC2C(=O)NCC21. The van der Waals surface area contributed by atoms with Crippen molar-refractivity contribution in [3.63, 3.8) is 0 Å². The van der Waals surface area contributed by atoms with Gasteiger partial charge in [0.05, 0.1) is 17.5 Å². The highest BCUT2D eigenvalue weighted by atomic mass is 16.2. The van der Waals surface area contributed by atoms with Crippen LogP contribution in [0.1, 0.15) is 39.5 Å². The molecule has 2 unspecified atom stereocenters. The Balaban J connectivity index is 2.17. The van der Waals surface area contributed by atoms with E-state index in [4.69, 9.17) is 5.73 Å². The van der Waals surface area contributed by atoms with Crippen LogP contribution in [0.3, 0.4) is 0 Å². The number of carbonyl (C=O) groups is 2. The lowest BCUT2D eigenvalue weighted by Crippen LogP contribution is -2.60. The Kier molecular flexibility index (Phi) is 3.61. The van der Waals surface area contributed by atoms with Gasteiger partial charge in [0, 0.05) is 13.1 Å². The zero-order chi connectivity index (χ0) is 13.3. The Morgan fingerprint density at radius 3 is 2.78 bits per heavy atom. The van der Waals surface area contributed by atoms with E-state index in [1.165, 1.54) is 0 Å². The van der Waals surface area contributed by atoms with E-state index in [1.54, 1.807) is 0 Å². The Morgan fingerprint density at radius 2 is 2.17 bits per heavy atom. The van der Waals surface area contributed by atoms with E-state index >= 15 is 0 Å². The highest BCUT2D eigenvalue weighted by Crippen LogP contribution is 2.29. The summed E-state index contributed by atoms with van der Waals surface area (Å²) in [6.45, 7) is 5.20. The van der Waals surface area contributed by atoms with Crippen LogP contribution in [0.15, 0.2) is 0 Å². The summed E-state index contributed by atoms with van der Waals surface area (Å²) < 4.78 is 0. The van der Waals surface area contributed by atoms with E-state index in [2.05, 4.69) is 5.32 Å². The molecular formula is C13H23N3O2. The predicted molar refractivity (Wildman–Crippen MR) is 68.7 cm³/mol. The quantitative estimate of drug-likeness (QED) is 0.756. The number of hydrogen-bond donors (Lipinski definition) is 2. The molecule has 2 atom stereocenters. The second kappa shape index (κ2) is 4.88. The van der Waals surface area contributed by atoms with Gasteiger partial charge in [-0.1, -0.05) is 13.8 Å². The van der Waals surface area contributed by atoms with E-state index in [0.717, 1.165) is 19.4 Å². The lowest BCUT2D eigenvalue weighted by atomic mass is 9.87. The molecule has 2 fully saturated rings. The maximum Gasteiger partial charge on any atom is 0.242 e. The number of nitrogens with zero attached hydrogens (tertiary/aromatic N) is 1. The Labute approximate surface area is 108 Å². The molecule has 2 aliphatic rings. The van der Waals surface area contributed by atoms with Crippen molar-refractivity contribution in [1.29, 1.82) is 0 Å². The number of fused-ring (bicyclic) bond motifs is 1. The second-order valence-electron chi connectivity index (χ2n) is 5.42. The molecule has 18 heavy (non-hydrogen) atoms. The maximum atomic E-state index is 12.6. The number of likely N-dealkylation sites (tertiary alicyclic amines) is 1. The van der Waals surface area contributed by atoms with E-state index in [-0.39, 0.29) is 23.8 Å². The summed E-state index contributed by atoms with van der Waals surface area (Å²) in [5.74, 6) is 0.0764. The third kappa shape index (κ3) is 2.00. The molecule has 2 rings (SSSR count). The third-order valence-electron chi connectivity index (χ3n) is 4.55. The molecule has 102 valence electrons. The Hall–Kier alpha value is -1.10. The Morgan fingerprint density at radius 1 is 1.50 bits per heavy atom. The van der Waals surface area contributed by atoms with Gasteiger partial charge in [0.15, 0.2) is 0 Å². The average molecular weight is 253 g/mol. The first-order valence-corrected chi connectivity index (χ1v) is 6.91. The fraction of sp³-hybridized carbons (Fsp3) is 0.846. The first-order chi connectivity index (χ1) is 8.53. The van der Waals surface area contributed by atoms with Crippen LogP contribution in [0.4, 0.5) is 0 Å². The molecule has 2 amide bonds. The van der Waals surface area contributed by atoms with Crippen LogP contribution < -0.4 is 11.1 Å². The number of nitrogens with two attached hydrogens (primary N) is 1. The molecule has 0 bridgehead atoms. The van der Waals surface area contributed by atoms with Crippen molar-refractivity contribution >= 4 is 11.8 Å². The largest absolute Gasteiger partial charge is 0.354 e. The van der Waals surface area contributed by atoms with Gasteiger partial charge in [-0.2, -0.15) is 0 Å². The highest BCUT2D eigenvalue weighted by molar-refractivity contribution is 5.89. The summed E-state index contributed by atoms with van der Waals surface area (Å²) in [5.41, 5.74) is 5.42. The number of rotatable bonds is 3. The number of carbonyl (C=O) groups excluding carboxylic acids is 2. The number of piperidine rings is 1. The lowest BCUT2D eigenvalue weighted by molar-refractivity contribution is -0.142. The van der Waals surface area contributed by atoms with Crippen molar-refractivity contribution in [1.82, 2.24) is 10.2 Å². The molecule has 0 aliphatic carbocycles. The molecule has 0 aromatic heterocycles. The molecule has 2 heterocycles. The van der Waals surface area contributed by atoms with Crippen molar-refractivity contribution in [3.05, 3.63) is 0 Å². The highest BCUT2D eigenvalue weighted by Gasteiger charge is 2.46. The first kappa shape index (κ1) is 13.3. The van der Waals surface area contributed by atoms with Gasteiger partial charge in [0.25, 0.3) is 0 Å². The minimum atomic E-state index is -0.770. The van der Waals surface area contributed by atoms with Crippen molar-refractivity contribution in [3.8, 4) is 0 Å². The van der Waals surface area contributed by atoms with E-state index in [0.29, 0.717) is 19.4 Å². The van der Waals surface area contributed by atoms with Crippen LogP contribution in [-0.4, -0.2) is 41.4 Å². The van der Waals surface area contributed by atoms with Crippen LogP contribution in [0.2, 0.25) is 0 Å². The van der Waals surface area contributed by atoms with Crippen LogP contribution >= 0.6 is 0 Å². The van der Waals surface area contributed by atoms with Crippen molar-refractivity contribution in [2.75, 3.05) is 13.1 Å². The summed E-state index contributed by atoms with van der Waals surface area (Å²) in [4.78, 5) is 26.1. The van der Waals surface area contributed by atoms with Crippen LogP contribution in [0.25, 0.3) is 0 Å². The predicted octanol–water partition coefficient (Wildman–Crippen LogP) is 0.241. The fourth-order valence-electron chi connectivity index (χ4n) is 3.04. The lowest BCUT2D eigenvalue weighted by Gasteiger charge is -2.41. The number of hydrogen-bond acceptors (Lipinski definition) is 3. The monoisotopic (exact) mass is 253 g/mol. The van der Waals surface area contributed by atoms with Crippen molar-refractivity contribution in [2.24, 2.45) is 11.7 Å². The van der Waals surface area contributed by atoms with Gasteiger partial charge >= 0.3 is 0 Å². The summed E-state index contributed by atoms with van der Waals surface area (Å²) >= 11 is 0. The third-order valence-corrected chi connectivity index (χ3v) is 4.55. The molecule has 2 aliphatic heterocycles. The van der Waals surface area contributed by atoms with Crippen LogP contribution in [0, 0.1) is 5.92 Å². The van der Waals surface area contributed by atoms with E-state index in [9.17, 15) is 9.59 Å². The zero-order valence-corrected chi connectivity index (χ0v) is 11.2. The van der Waals surface area contributed by atoms with Gasteiger partial charge in [0.2, 0.25) is 11.8 Å². The Bertz CT molecular complexity index is 352. The number of nitrogens with one attached hydrogen (secondary N) is 1. The smallest absolute Gasteiger partial charge is 0.242 e. The van der Waals surface area contributed by atoms with Crippen LogP contribution in [-0.2, 0) is 9.59 Å². The normalized spacial score (nSPS) is 27.9. The molecule has 0 aromatic carbocycles.